The number of aliphatic hydroxyl groups is 1. The molecule has 1 aliphatic heterocycles. The molecule has 3 aromatic heterocycles. The standard InChI is InChI=1S/C21H19N5O4S/c27-15-12-25(11-14-5-2-1-3-6-14)20-17(31(29,30)13-15)8-9-18(23-20)26-16-7-4-10-22-19(16)24-21(26)28/h1-10,15,27H,11-13H2,(H,22,24,28). The van der Waals surface area contributed by atoms with Gasteiger partial charge in [0.2, 0.25) is 0 Å². The number of nitrogens with one attached hydrogen (secondary N) is 1. The van der Waals surface area contributed by atoms with Gasteiger partial charge in [0.1, 0.15) is 16.5 Å². The van der Waals surface area contributed by atoms with E-state index in [0.717, 1.165) is 5.56 Å². The lowest BCUT2D eigenvalue weighted by atomic mass is 10.2. The highest BCUT2D eigenvalue weighted by Crippen LogP contribution is 2.30. The Kier molecular flexibility index (Phi) is 4.60. The van der Waals surface area contributed by atoms with Crippen molar-refractivity contribution < 1.29 is 13.5 Å². The van der Waals surface area contributed by atoms with Gasteiger partial charge in [0, 0.05) is 19.3 Å². The summed E-state index contributed by atoms with van der Waals surface area (Å²) in [5, 5.41) is 10.4. The predicted octanol–water partition coefficient (Wildman–Crippen LogP) is 1.26. The van der Waals surface area contributed by atoms with E-state index in [0.29, 0.717) is 17.7 Å². The van der Waals surface area contributed by atoms with Crippen molar-refractivity contribution in [2.24, 2.45) is 0 Å². The first-order valence-electron chi connectivity index (χ1n) is 9.69. The van der Waals surface area contributed by atoms with Crippen LogP contribution in [0.3, 0.4) is 0 Å². The summed E-state index contributed by atoms with van der Waals surface area (Å²) >= 11 is 0. The average molecular weight is 437 g/mol. The fraction of sp³-hybridized carbons (Fsp3) is 0.190. The number of aromatic nitrogens is 4. The third kappa shape index (κ3) is 3.49. The van der Waals surface area contributed by atoms with E-state index in [-0.39, 0.29) is 28.8 Å². The molecule has 0 aliphatic carbocycles. The van der Waals surface area contributed by atoms with Crippen LogP contribution in [0.4, 0.5) is 5.82 Å². The van der Waals surface area contributed by atoms with Crippen LogP contribution in [0.2, 0.25) is 0 Å². The predicted molar refractivity (Wildman–Crippen MR) is 115 cm³/mol. The van der Waals surface area contributed by atoms with Crippen LogP contribution in [0, 0.1) is 0 Å². The summed E-state index contributed by atoms with van der Waals surface area (Å²) in [5.41, 5.74) is 1.47. The van der Waals surface area contributed by atoms with E-state index >= 15 is 0 Å². The number of fused-ring (bicyclic) bond motifs is 2. The molecule has 158 valence electrons. The molecular formula is C21H19N5O4S. The van der Waals surface area contributed by atoms with Gasteiger partial charge in [-0.1, -0.05) is 30.3 Å². The number of rotatable bonds is 3. The number of H-pyrrole nitrogens is 1. The van der Waals surface area contributed by atoms with E-state index in [4.69, 9.17) is 0 Å². The third-order valence-corrected chi connectivity index (χ3v) is 7.02. The van der Waals surface area contributed by atoms with Gasteiger partial charge >= 0.3 is 5.69 Å². The molecule has 10 heteroatoms. The minimum Gasteiger partial charge on any atom is -0.390 e. The Labute approximate surface area is 177 Å². The van der Waals surface area contributed by atoms with Crippen LogP contribution >= 0.6 is 0 Å². The molecule has 0 bridgehead atoms. The van der Waals surface area contributed by atoms with Crippen LogP contribution < -0.4 is 10.6 Å². The number of aliphatic hydroxyl groups excluding tert-OH is 1. The summed E-state index contributed by atoms with van der Waals surface area (Å²) in [7, 11) is -3.75. The normalized spacial score (nSPS) is 18.0. The lowest BCUT2D eigenvalue weighted by Crippen LogP contribution is -2.33. The monoisotopic (exact) mass is 437 g/mol. The number of pyridine rings is 2. The lowest BCUT2D eigenvalue weighted by Gasteiger charge is -2.25. The lowest BCUT2D eigenvalue weighted by molar-refractivity contribution is 0.202. The Morgan fingerprint density at radius 1 is 1.10 bits per heavy atom. The van der Waals surface area contributed by atoms with E-state index in [1.54, 1.807) is 23.2 Å². The van der Waals surface area contributed by atoms with Crippen LogP contribution in [0.1, 0.15) is 5.56 Å². The van der Waals surface area contributed by atoms with Crippen LogP contribution in [0.5, 0.6) is 0 Å². The van der Waals surface area contributed by atoms with Crippen molar-refractivity contribution in [2.45, 2.75) is 17.5 Å². The average Bonchev–Trinajstić information content (AvgIpc) is 3.04. The van der Waals surface area contributed by atoms with Gasteiger partial charge in [-0.3, -0.25) is 4.98 Å². The first-order chi connectivity index (χ1) is 14.9. The summed E-state index contributed by atoms with van der Waals surface area (Å²) in [6.45, 7) is 0.461. The summed E-state index contributed by atoms with van der Waals surface area (Å²) in [6.07, 6.45) is 0.509. The van der Waals surface area contributed by atoms with Crippen molar-refractivity contribution in [1.29, 1.82) is 0 Å². The molecule has 9 nitrogen and oxygen atoms in total. The van der Waals surface area contributed by atoms with Gasteiger partial charge in [-0.05, 0) is 29.8 Å². The number of β-amino-alcohol motifs (C(OH)–C–C–N with tert-alkyl or cyclic N) is 1. The van der Waals surface area contributed by atoms with Crippen molar-refractivity contribution in [3.8, 4) is 5.82 Å². The second-order valence-corrected chi connectivity index (χ2v) is 9.43. The zero-order chi connectivity index (χ0) is 21.6. The van der Waals surface area contributed by atoms with Crippen LogP contribution in [0.15, 0.2) is 70.5 Å². The Morgan fingerprint density at radius 2 is 1.90 bits per heavy atom. The summed E-state index contributed by atoms with van der Waals surface area (Å²) in [4.78, 5) is 25.8. The third-order valence-electron chi connectivity index (χ3n) is 5.20. The molecule has 4 heterocycles. The smallest absolute Gasteiger partial charge is 0.333 e. The number of nitrogens with zero attached hydrogens (tertiary/aromatic N) is 4. The van der Waals surface area contributed by atoms with Crippen LogP contribution in [-0.2, 0) is 16.4 Å². The Balaban J connectivity index is 1.70. The molecule has 0 saturated heterocycles. The first-order valence-corrected chi connectivity index (χ1v) is 11.3. The van der Waals surface area contributed by atoms with Gasteiger partial charge < -0.3 is 10.0 Å². The molecule has 1 aliphatic rings. The van der Waals surface area contributed by atoms with Gasteiger partial charge in [0.15, 0.2) is 15.5 Å². The second-order valence-electron chi connectivity index (χ2n) is 7.43. The number of aromatic amines is 1. The zero-order valence-electron chi connectivity index (χ0n) is 16.3. The zero-order valence-corrected chi connectivity index (χ0v) is 17.2. The maximum atomic E-state index is 12.9. The van der Waals surface area contributed by atoms with Crippen molar-refractivity contribution in [1.82, 2.24) is 19.5 Å². The molecule has 1 unspecified atom stereocenters. The Hall–Kier alpha value is -3.50. The number of imidazole rings is 1. The van der Waals surface area contributed by atoms with E-state index in [1.807, 2.05) is 30.3 Å². The first kappa shape index (κ1) is 19.5. The number of sulfone groups is 1. The molecule has 31 heavy (non-hydrogen) atoms. The molecule has 2 N–H and O–H groups in total. The highest BCUT2D eigenvalue weighted by atomic mass is 32.2. The molecular weight excluding hydrogens is 418 g/mol. The summed E-state index contributed by atoms with van der Waals surface area (Å²) in [6, 6.07) is 15.9. The molecule has 0 amide bonds. The topological polar surface area (TPSA) is 121 Å². The fourth-order valence-electron chi connectivity index (χ4n) is 3.87. The highest BCUT2D eigenvalue weighted by molar-refractivity contribution is 7.91. The maximum Gasteiger partial charge on any atom is 0.333 e. The quantitative estimate of drug-likeness (QED) is 0.495. The van der Waals surface area contributed by atoms with Crippen LogP contribution in [0.25, 0.3) is 17.0 Å². The number of anilines is 1. The summed E-state index contributed by atoms with van der Waals surface area (Å²) < 4.78 is 27.1. The minimum atomic E-state index is -3.75. The number of hydrogen-bond donors (Lipinski definition) is 2. The minimum absolute atomic E-state index is 0.0368. The molecule has 0 saturated carbocycles. The number of hydrogen-bond acceptors (Lipinski definition) is 7. The van der Waals surface area contributed by atoms with Crippen molar-refractivity contribution in [3.05, 3.63) is 76.8 Å². The van der Waals surface area contributed by atoms with Gasteiger partial charge in [-0.2, -0.15) is 0 Å². The Bertz CT molecular complexity index is 1430. The van der Waals surface area contributed by atoms with Gasteiger partial charge in [-0.25, -0.2) is 27.7 Å². The molecule has 1 aromatic carbocycles. The molecule has 0 fully saturated rings. The van der Waals surface area contributed by atoms with E-state index in [1.165, 1.54) is 16.7 Å². The van der Waals surface area contributed by atoms with E-state index in [2.05, 4.69) is 15.0 Å². The molecule has 1 atom stereocenters. The number of benzene rings is 1. The summed E-state index contributed by atoms with van der Waals surface area (Å²) in [5.74, 6) is 0.0965. The van der Waals surface area contributed by atoms with Crippen LogP contribution in [-0.4, -0.2) is 51.4 Å². The molecule has 4 aromatic rings. The largest absolute Gasteiger partial charge is 0.390 e. The molecule has 5 rings (SSSR count). The second kappa shape index (κ2) is 7.33. The SMILES string of the molecule is O=c1[nH]c2ncccc2n1-c1ccc2c(n1)N(Cc1ccccc1)CC(O)CS2(=O)=O. The van der Waals surface area contributed by atoms with Crippen molar-refractivity contribution in [2.75, 3.05) is 17.2 Å². The van der Waals surface area contributed by atoms with Gasteiger partial charge in [0.25, 0.3) is 0 Å². The van der Waals surface area contributed by atoms with Crippen molar-refractivity contribution >= 4 is 26.8 Å². The molecule has 0 spiro atoms. The molecule has 0 radical (unpaired) electrons. The van der Waals surface area contributed by atoms with Crippen molar-refractivity contribution in [3.63, 3.8) is 0 Å². The van der Waals surface area contributed by atoms with Gasteiger partial charge in [0.05, 0.1) is 17.4 Å². The highest BCUT2D eigenvalue weighted by Gasteiger charge is 2.32. The Morgan fingerprint density at radius 3 is 2.71 bits per heavy atom. The maximum absolute atomic E-state index is 12.9. The van der Waals surface area contributed by atoms with Gasteiger partial charge in [-0.15, -0.1) is 0 Å². The van der Waals surface area contributed by atoms with E-state index < -0.39 is 21.6 Å². The fourth-order valence-corrected chi connectivity index (χ4v) is 5.39. The van der Waals surface area contributed by atoms with E-state index in [9.17, 15) is 18.3 Å².